The maximum absolute atomic E-state index is 12.5. The summed E-state index contributed by atoms with van der Waals surface area (Å²) in [5.74, 6) is -2.24. The van der Waals surface area contributed by atoms with Gasteiger partial charge in [0.05, 0.1) is 6.61 Å². The zero-order valence-corrected chi connectivity index (χ0v) is 18.2. The van der Waals surface area contributed by atoms with E-state index >= 15 is 0 Å². The van der Waals surface area contributed by atoms with Crippen LogP contribution in [0.5, 0.6) is 0 Å². The summed E-state index contributed by atoms with van der Waals surface area (Å²) in [7, 11) is 0. The molecule has 0 heterocycles. The van der Waals surface area contributed by atoms with E-state index in [0.29, 0.717) is 6.42 Å². The number of hydrogen-bond acceptors (Lipinski definition) is 5. The highest BCUT2D eigenvalue weighted by atomic mass is 16.5. The van der Waals surface area contributed by atoms with Crippen LogP contribution in [0.15, 0.2) is 48.5 Å². The number of amides is 2. The molecule has 3 unspecified atom stereocenters. The number of nitrogens with one attached hydrogen (secondary N) is 2. The molecule has 1 fully saturated rings. The van der Waals surface area contributed by atoms with Gasteiger partial charge in [0.1, 0.15) is 12.6 Å². The number of carbonyl (C=O) groups is 3. The van der Waals surface area contributed by atoms with E-state index in [1.54, 1.807) is 0 Å². The Labute approximate surface area is 192 Å². The number of aliphatic hydroxyl groups is 1. The van der Waals surface area contributed by atoms with Crippen LogP contribution in [0.2, 0.25) is 0 Å². The summed E-state index contributed by atoms with van der Waals surface area (Å²) in [6, 6.07) is 14.9. The molecule has 2 aliphatic rings. The topological polar surface area (TPSA) is 125 Å². The summed E-state index contributed by atoms with van der Waals surface area (Å²) in [5.41, 5.74) is 4.58. The molecular weight excluding hydrogens is 424 g/mol. The van der Waals surface area contributed by atoms with E-state index in [4.69, 9.17) is 14.9 Å². The number of ether oxygens (including phenoxy) is 1. The molecule has 33 heavy (non-hydrogen) atoms. The van der Waals surface area contributed by atoms with Crippen LogP contribution in [-0.2, 0) is 14.3 Å². The van der Waals surface area contributed by atoms with Crippen LogP contribution in [0.1, 0.15) is 36.3 Å². The van der Waals surface area contributed by atoms with Gasteiger partial charge in [-0.15, -0.1) is 0 Å². The average Bonchev–Trinajstić information content (AvgIpc) is 3.42. The number of carbonyl (C=O) groups excluding carboxylic acids is 2. The third-order valence-electron chi connectivity index (χ3n) is 6.65. The van der Waals surface area contributed by atoms with E-state index in [0.717, 1.165) is 35.1 Å². The molecule has 0 bridgehead atoms. The lowest BCUT2D eigenvalue weighted by Gasteiger charge is -2.21. The lowest BCUT2D eigenvalue weighted by Crippen LogP contribution is -2.47. The number of aliphatic hydroxyl groups excluding tert-OH is 1. The number of alkyl carbamates (subject to hydrolysis) is 1. The molecular formula is C25H28N2O6. The Morgan fingerprint density at radius 1 is 1.00 bits per heavy atom. The van der Waals surface area contributed by atoms with E-state index in [2.05, 4.69) is 34.9 Å². The SMILES string of the molecule is O=C(NCC1CCCC1C(=O)NC(CO)C(=O)O)OCC1c2ccccc2-c2ccccc21. The Morgan fingerprint density at radius 2 is 1.64 bits per heavy atom. The van der Waals surface area contributed by atoms with Gasteiger partial charge in [-0.1, -0.05) is 55.0 Å². The summed E-state index contributed by atoms with van der Waals surface area (Å²) < 4.78 is 5.55. The number of benzene rings is 2. The van der Waals surface area contributed by atoms with E-state index in [9.17, 15) is 14.4 Å². The second-order valence-corrected chi connectivity index (χ2v) is 8.59. The fourth-order valence-electron chi connectivity index (χ4n) is 4.95. The maximum Gasteiger partial charge on any atom is 0.407 e. The Bertz CT molecular complexity index is 994. The molecule has 1 saturated carbocycles. The predicted octanol–water partition coefficient (Wildman–Crippen LogP) is 2.50. The molecule has 2 aliphatic carbocycles. The molecule has 0 spiro atoms. The Kier molecular flexibility index (Phi) is 6.93. The van der Waals surface area contributed by atoms with Crippen molar-refractivity contribution in [2.75, 3.05) is 19.8 Å². The van der Waals surface area contributed by atoms with Crippen LogP contribution in [-0.4, -0.2) is 54.0 Å². The Morgan fingerprint density at radius 3 is 2.24 bits per heavy atom. The predicted molar refractivity (Wildman–Crippen MR) is 121 cm³/mol. The zero-order chi connectivity index (χ0) is 23.4. The molecule has 0 aliphatic heterocycles. The quantitative estimate of drug-likeness (QED) is 0.488. The normalized spacial score (nSPS) is 19.9. The summed E-state index contributed by atoms with van der Waals surface area (Å²) in [6.07, 6.45) is 1.63. The standard InChI is InChI=1S/C25H28N2O6/c28-13-22(24(30)31)27-23(29)16-11-5-6-15(16)12-26-25(32)33-14-21-19-9-3-1-7-17(19)18-8-2-4-10-20(18)21/h1-4,7-10,15-16,21-22,28H,5-6,11-14H2,(H,26,32)(H,27,29)(H,30,31). The van der Waals surface area contributed by atoms with Gasteiger partial charge in [0.25, 0.3) is 0 Å². The fourth-order valence-corrected chi connectivity index (χ4v) is 4.95. The Hall–Kier alpha value is -3.39. The van der Waals surface area contributed by atoms with E-state index in [1.165, 1.54) is 0 Å². The van der Waals surface area contributed by atoms with Crippen LogP contribution < -0.4 is 10.6 Å². The molecule has 2 amide bonds. The van der Waals surface area contributed by atoms with Gasteiger partial charge < -0.3 is 25.6 Å². The lowest BCUT2D eigenvalue weighted by molar-refractivity contribution is -0.143. The molecule has 4 rings (SSSR count). The first-order valence-electron chi connectivity index (χ1n) is 11.2. The molecule has 0 aromatic heterocycles. The smallest absolute Gasteiger partial charge is 0.407 e. The summed E-state index contributed by atoms with van der Waals surface area (Å²) in [5, 5.41) is 23.3. The summed E-state index contributed by atoms with van der Waals surface area (Å²) >= 11 is 0. The number of rotatable bonds is 8. The number of aliphatic carboxylic acids is 1. The largest absolute Gasteiger partial charge is 0.480 e. The monoisotopic (exact) mass is 452 g/mol. The third kappa shape index (κ3) is 4.85. The molecule has 0 radical (unpaired) electrons. The first-order valence-corrected chi connectivity index (χ1v) is 11.2. The highest BCUT2D eigenvalue weighted by Gasteiger charge is 2.35. The van der Waals surface area contributed by atoms with Gasteiger partial charge in [-0.2, -0.15) is 0 Å². The zero-order valence-electron chi connectivity index (χ0n) is 18.2. The molecule has 2 aromatic carbocycles. The molecule has 2 aromatic rings. The first kappa shape index (κ1) is 22.8. The van der Waals surface area contributed by atoms with Crippen molar-refractivity contribution in [3.8, 4) is 11.1 Å². The van der Waals surface area contributed by atoms with Gasteiger partial charge >= 0.3 is 12.1 Å². The maximum atomic E-state index is 12.5. The van der Waals surface area contributed by atoms with Gasteiger partial charge in [-0.05, 0) is 41.0 Å². The first-order chi connectivity index (χ1) is 16.0. The molecule has 3 atom stereocenters. The molecule has 174 valence electrons. The summed E-state index contributed by atoms with van der Waals surface area (Å²) in [6.45, 7) is -0.187. The lowest BCUT2D eigenvalue weighted by atomic mass is 9.95. The number of carboxylic acid groups (broad SMARTS) is 1. The van der Waals surface area contributed by atoms with Crippen LogP contribution >= 0.6 is 0 Å². The van der Waals surface area contributed by atoms with Crippen molar-refractivity contribution in [1.82, 2.24) is 10.6 Å². The number of carboxylic acids is 1. The van der Waals surface area contributed by atoms with Crippen LogP contribution in [0.4, 0.5) is 4.79 Å². The Balaban J connectivity index is 1.31. The molecule has 4 N–H and O–H groups in total. The minimum Gasteiger partial charge on any atom is -0.480 e. The van der Waals surface area contributed by atoms with E-state index in [1.807, 2.05) is 24.3 Å². The second kappa shape index (κ2) is 10.0. The van der Waals surface area contributed by atoms with Crippen LogP contribution in [0, 0.1) is 11.8 Å². The number of hydrogen-bond donors (Lipinski definition) is 4. The van der Waals surface area contributed by atoms with Gasteiger partial charge in [0, 0.05) is 18.4 Å². The van der Waals surface area contributed by atoms with Crippen LogP contribution in [0.3, 0.4) is 0 Å². The highest BCUT2D eigenvalue weighted by molar-refractivity contribution is 5.85. The molecule has 8 heteroatoms. The second-order valence-electron chi connectivity index (χ2n) is 8.59. The highest BCUT2D eigenvalue weighted by Crippen LogP contribution is 2.44. The summed E-state index contributed by atoms with van der Waals surface area (Å²) in [4.78, 5) is 36.0. The van der Waals surface area contributed by atoms with Crippen molar-refractivity contribution in [1.29, 1.82) is 0 Å². The van der Waals surface area contributed by atoms with Crippen molar-refractivity contribution in [2.45, 2.75) is 31.2 Å². The van der Waals surface area contributed by atoms with E-state index in [-0.39, 0.29) is 25.0 Å². The number of fused-ring (bicyclic) bond motifs is 3. The van der Waals surface area contributed by atoms with Gasteiger partial charge in [-0.25, -0.2) is 9.59 Å². The fraction of sp³-hybridized carbons (Fsp3) is 0.400. The van der Waals surface area contributed by atoms with Gasteiger partial charge in [0.2, 0.25) is 5.91 Å². The van der Waals surface area contributed by atoms with Crippen molar-refractivity contribution in [3.05, 3.63) is 59.7 Å². The van der Waals surface area contributed by atoms with Crippen molar-refractivity contribution in [3.63, 3.8) is 0 Å². The van der Waals surface area contributed by atoms with Gasteiger partial charge in [0.15, 0.2) is 0 Å². The van der Waals surface area contributed by atoms with Crippen LogP contribution in [0.25, 0.3) is 11.1 Å². The molecule has 0 saturated heterocycles. The average molecular weight is 453 g/mol. The van der Waals surface area contributed by atoms with Crippen molar-refractivity contribution >= 4 is 18.0 Å². The van der Waals surface area contributed by atoms with Gasteiger partial charge in [-0.3, -0.25) is 4.79 Å². The van der Waals surface area contributed by atoms with E-state index < -0.39 is 36.5 Å². The molecule has 8 nitrogen and oxygen atoms in total. The van der Waals surface area contributed by atoms with Crippen molar-refractivity contribution in [2.24, 2.45) is 11.8 Å². The third-order valence-corrected chi connectivity index (χ3v) is 6.65. The minimum atomic E-state index is -1.33. The minimum absolute atomic E-state index is 0.0282. The van der Waals surface area contributed by atoms with Crippen molar-refractivity contribution < 1.29 is 29.3 Å².